The van der Waals surface area contributed by atoms with E-state index in [2.05, 4.69) is 21.7 Å². The average Bonchev–Trinajstić information content (AvgIpc) is 3.40. The lowest BCUT2D eigenvalue weighted by molar-refractivity contribution is -0.138. The van der Waals surface area contributed by atoms with Gasteiger partial charge in [0.05, 0.1) is 29.9 Å². The number of rotatable bonds is 15. The summed E-state index contributed by atoms with van der Waals surface area (Å²) >= 11 is 5.70. The van der Waals surface area contributed by atoms with E-state index in [0.717, 1.165) is 24.6 Å². The van der Waals surface area contributed by atoms with Crippen LogP contribution in [0.1, 0.15) is 54.6 Å². The molecule has 1 atom stereocenters. The maximum atomic E-state index is 13.9. The molecule has 1 heterocycles. The first-order valence-electron chi connectivity index (χ1n) is 15.0. The van der Waals surface area contributed by atoms with E-state index in [-0.39, 0.29) is 42.9 Å². The number of nitrogens with one attached hydrogen (secondary N) is 2. The largest absolute Gasteiger partial charge is 0.416 e. The van der Waals surface area contributed by atoms with Gasteiger partial charge in [-0.05, 0) is 80.9 Å². The maximum Gasteiger partial charge on any atom is 0.416 e. The third kappa shape index (κ3) is 11.8. The standard InChI is InChI=1S/C33H42F3N7OS/c1-24(2)16-28(40-31(44)17-29-19-38-23-43(29)20-26-12-10-25(18-37)11-13-26)22-42(32(45)39-14-7-15-41(3)4)21-27-8-5-6-9-30(27)33(34,35)36/h5-6,8-13,19,23-24,28H,7,14-17,20-22H2,1-4H3,(H,39,45)(H,40,44)/t28-/m0/s1. The molecule has 1 aromatic heterocycles. The highest BCUT2D eigenvalue weighted by molar-refractivity contribution is 7.80. The zero-order valence-electron chi connectivity index (χ0n) is 26.3. The molecule has 0 unspecified atom stereocenters. The first-order valence-corrected chi connectivity index (χ1v) is 15.4. The summed E-state index contributed by atoms with van der Waals surface area (Å²) in [4.78, 5) is 21.3. The van der Waals surface area contributed by atoms with Crippen molar-refractivity contribution in [3.05, 3.63) is 89.0 Å². The van der Waals surface area contributed by atoms with Crippen LogP contribution in [-0.4, -0.2) is 70.1 Å². The highest BCUT2D eigenvalue weighted by atomic mass is 32.1. The fraction of sp³-hybridized carbons (Fsp3) is 0.455. The minimum Gasteiger partial charge on any atom is -0.363 e. The fourth-order valence-corrected chi connectivity index (χ4v) is 5.28. The predicted molar refractivity (Wildman–Crippen MR) is 173 cm³/mol. The number of nitrogens with zero attached hydrogens (tertiary/aromatic N) is 5. The predicted octanol–water partition coefficient (Wildman–Crippen LogP) is 5.22. The van der Waals surface area contributed by atoms with E-state index < -0.39 is 11.7 Å². The molecule has 3 aromatic rings. The molecular formula is C33H42F3N7OS. The Hall–Kier alpha value is -3.95. The number of hydrogen-bond acceptors (Lipinski definition) is 5. The first-order chi connectivity index (χ1) is 21.3. The number of alkyl halides is 3. The van der Waals surface area contributed by atoms with Crippen LogP contribution < -0.4 is 10.6 Å². The van der Waals surface area contributed by atoms with E-state index in [1.54, 1.807) is 35.6 Å². The second-order valence-corrected chi connectivity index (χ2v) is 12.2. The topological polar surface area (TPSA) is 89.2 Å². The maximum absolute atomic E-state index is 13.9. The first kappa shape index (κ1) is 35.5. The van der Waals surface area contributed by atoms with Crippen molar-refractivity contribution in [1.82, 2.24) is 30.0 Å². The molecule has 2 N–H and O–H groups in total. The van der Waals surface area contributed by atoms with E-state index in [9.17, 15) is 18.0 Å². The van der Waals surface area contributed by atoms with Gasteiger partial charge in [-0.1, -0.05) is 44.2 Å². The van der Waals surface area contributed by atoms with Gasteiger partial charge in [0.2, 0.25) is 5.91 Å². The molecule has 0 saturated heterocycles. The van der Waals surface area contributed by atoms with Crippen molar-refractivity contribution in [2.75, 3.05) is 33.7 Å². The summed E-state index contributed by atoms with van der Waals surface area (Å²) in [6.07, 6.45) is 0.296. The third-order valence-electron chi connectivity index (χ3n) is 7.17. The Balaban J connectivity index is 1.76. The van der Waals surface area contributed by atoms with Gasteiger partial charge in [0.25, 0.3) is 0 Å². The molecule has 0 aliphatic heterocycles. The highest BCUT2D eigenvalue weighted by Crippen LogP contribution is 2.32. The lowest BCUT2D eigenvalue weighted by Gasteiger charge is -2.32. The lowest BCUT2D eigenvalue weighted by atomic mass is 10.0. The number of carbonyl (C=O) groups is 1. The number of hydrogen-bond donors (Lipinski definition) is 2. The summed E-state index contributed by atoms with van der Waals surface area (Å²) in [6.45, 7) is 6.14. The van der Waals surface area contributed by atoms with Crippen LogP contribution >= 0.6 is 12.2 Å². The smallest absolute Gasteiger partial charge is 0.363 e. The Bertz CT molecular complexity index is 1430. The van der Waals surface area contributed by atoms with Crippen LogP contribution in [0, 0.1) is 17.2 Å². The van der Waals surface area contributed by atoms with Crippen molar-refractivity contribution < 1.29 is 18.0 Å². The van der Waals surface area contributed by atoms with Gasteiger partial charge in [0.1, 0.15) is 0 Å². The lowest BCUT2D eigenvalue weighted by Crippen LogP contribution is -2.49. The average molecular weight is 642 g/mol. The molecule has 0 aliphatic rings. The second-order valence-electron chi connectivity index (χ2n) is 11.8. The number of imidazole rings is 1. The van der Waals surface area contributed by atoms with Gasteiger partial charge in [-0.25, -0.2) is 4.98 Å². The van der Waals surface area contributed by atoms with Crippen molar-refractivity contribution in [2.45, 2.75) is 58.4 Å². The molecule has 12 heteroatoms. The summed E-state index contributed by atoms with van der Waals surface area (Å²) < 4.78 is 43.5. The normalized spacial score (nSPS) is 12.2. The number of amides is 1. The molecule has 0 saturated carbocycles. The van der Waals surface area contributed by atoms with Gasteiger partial charge in [0, 0.05) is 44.1 Å². The molecular weight excluding hydrogens is 599 g/mol. The van der Waals surface area contributed by atoms with Crippen molar-refractivity contribution in [3.63, 3.8) is 0 Å². The minimum atomic E-state index is -4.50. The molecule has 0 radical (unpaired) electrons. The van der Waals surface area contributed by atoms with E-state index in [4.69, 9.17) is 17.5 Å². The van der Waals surface area contributed by atoms with Crippen LogP contribution in [0.5, 0.6) is 0 Å². The number of halogens is 3. The highest BCUT2D eigenvalue weighted by Gasteiger charge is 2.33. The van der Waals surface area contributed by atoms with Crippen LogP contribution in [0.15, 0.2) is 61.1 Å². The molecule has 242 valence electrons. The zero-order chi connectivity index (χ0) is 33.0. The zero-order valence-corrected chi connectivity index (χ0v) is 27.1. The fourth-order valence-electron chi connectivity index (χ4n) is 5.04. The second kappa shape index (κ2) is 16.9. The summed E-state index contributed by atoms with van der Waals surface area (Å²) in [6, 6.07) is 14.5. The Morgan fingerprint density at radius 1 is 1.13 bits per heavy atom. The van der Waals surface area contributed by atoms with Crippen LogP contribution in [0.3, 0.4) is 0 Å². The van der Waals surface area contributed by atoms with Crippen molar-refractivity contribution in [1.29, 1.82) is 5.26 Å². The molecule has 3 rings (SSSR count). The van der Waals surface area contributed by atoms with Crippen LogP contribution in [-0.2, 0) is 30.5 Å². The molecule has 0 aliphatic carbocycles. The molecule has 0 bridgehead atoms. The van der Waals surface area contributed by atoms with Crippen LogP contribution in [0.2, 0.25) is 0 Å². The van der Waals surface area contributed by atoms with E-state index in [1.165, 1.54) is 12.1 Å². The Morgan fingerprint density at radius 3 is 2.49 bits per heavy atom. The number of benzene rings is 2. The molecule has 8 nitrogen and oxygen atoms in total. The Kier molecular flexibility index (Phi) is 13.4. The van der Waals surface area contributed by atoms with Gasteiger partial charge >= 0.3 is 6.18 Å². The van der Waals surface area contributed by atoms with E-state index >= 15 is 0 Å². The molecule has 0 fully saturated rings. The van der Waals surface area contributed by atoms with Gasteiger partial charge in [-0.3, -0.25) is 4.79 Å². The van der Waals surface area contributed by atoms with Gasteiger partial charge in [0.15, 0.2) is 5.11 Å². The summed E-state index contributed by atoms with van der Waals surface area (Å²) in [5.41, 5.74) is 1.66. The third-order valence-corrected chi connectivity index (χ3v) is 7.57. The van der Waals surface area contributed by atoms with Crippen molar-refractivity contribution >= 4 is 23.2 Å². The van der Waals surface area contributed by atoms with Gasteiger partial charge < -0.3 is 25.0 Å². The van der Waals surface area contributed by atoms with E-state index in [1.807, 2.05) is 49.5 Å². The van der Waals surface area contributed by atoms with Crippen LogP contribution in [0.4, 0.5) is 13.2 Å². The SMILES string of the molecule is CC(C)C[C@@H](CN(Cc1ccccc1C(F)(F)F)C(=S)NCCCN(C)C)NC(=O)Cc1cncn1Cc1ccc(C#N)cc1. The molecule has 0 spiro atoms. The summed E-state index contributed by atoms with van der Waals surface area (Å²) in [5.74, 6) is -0.00845. The van der Waals surface area contributed by atoms with Crippen molar-refractivity contribution in [3.8, 4) is 6.07 Å². The van der Waals surface area contributed by atoms with Crippen molar-refractivity contribution in [2.24, 2.45) is 5.92 Å². The minimum absolute atomic E-state index is 0.0585. The number of aromatic nitrogens is 2. The quantitative estimate of drug-likeness (QED) is 0.174. The van der Waals surface area contributed by atoms with Gasteiger partial charge in [-0.2, -0.15) is 18.4 Å². The van der Waals surface area contributed by atoms with Crippen LogP contribution in [0.25, 0.3) is 0 Å². The Morgan fingerprint density at radius 2 is 1.84 bits per heavy atom. The van der Waals surface area contributed by atoms with E-state index in [0.29, 0.717) is 35.9 Å². The number of thiocarbonyl (C=S) groups is 1. The molecule has 2 aromatic carbocycles. The monoisotopic (exact) mass is 641 g/mol. The van der Waals surface area contributed by atoms with Gasteiger partial charge in [-0.15, -0.1) is 0 Å². The Labute approximate surface area is 269 Å². The summed E-state index contributed by atoms with van der Waals surface area (Å²) in [7, 11) is 3.94. The molecule has 45 heavy (non-hydrogen) atoms. The summed E-state index contributed by atoms with van der Waals surface area (Å²) in [5, 5.41) is 15.7. The number of nitriles is 1. The molecule has 1 amide bonds. The number of carbonyl (C=O) groups excluding carboxylic acids is 1.